The van der Waals surface area contributed by atoms with Crippen molar-refractivity contribution in [1.29, 1.82) is 0 Å². The second-order valence-electron chi connectivity index (χ2n) is 8.40. The number of rotatable bonds is 4. The lowest BCUT2D eigenvalue weighted by Gasteiger charge is -2.27. The van der Waals surface area contributed by atoms with Gasteiger partial charge in [-0.3, -0.25) is 24.1 Å². The first kappa shape index (κ1) is 20.1. The van der Waals surface area contributed by atoms with E-state index in [0.29, 0.717) is 28.4 Å². The van der Waals surface area contributed by atoms with Gasteiger partial charge in [-0.25, -0.2) is 4.90 Å². The number of hydrogen-bond donors (Lipinski definition) is 0. The molecule has 4 atom stereocenters. The van der Waals surface area contributed by atoms with Crippen molar-refractivity contribution in [2.45, 2.75) is 31.8 Å². The third kappa shape index (κ3) is 2.97. The van der Waals surface area contributed by atoms with Gasteiger partial charge < -0.3 is 0 Å². The van der Waals surface area contributed by atoms with Crippen LogP contribution in [0.4, 0.5) is 5.69 Å². The van der Waals surface area contributed by atoms with Gasteiger partial charge in [-0.15, -0.1) is 0 Å². The number of imide groups is 1. The summed E-state index contributed by atoms with van der Waals surface area (Å²) in [6.07, 6.45) is 1.67. The number of carbonyl (C=O) groups excluding carboxylic acids is 4. The standard InChI is InChI=1S/C24H21ClN2O4/c1-13(28)14-8-10-15(11-9-14)27-23(30)19-18-7-4-12-26(18)21(20(19)24(27)31)22(29)16-5-2-3-6-17(16)25/h2-3,5-6,8-11,18-21H,4,7,12H2,1H3. The van der Waals surface area contributed by atoms with Crippen LogP contribution in [0, 0.1) is 11.8 Å². The van der Waals surface area contributed by atoms with Gasteiger partial charge in [0.1, 0.15) is 0 Å². The van der Waals surface area contributed by atoms with Crippen LogP contribution in [0.3, 0.4) is 0 Å². The first-order valence-corrected chi connectivity index (χ1v) is 10.8. The molecule has 0 N–H and O–H groups in total. The Balaban J connectivity index is 1.54. The van der Waals surface area contributed by atoms with Gasteiger partial charge in [0.2, 0.25) is 11.8 Å². The lowest BCUT2D eigenvalue weighted by atomic mass is 9.85. The van der Waals surface area contributed by atoms with Crippen molar-refractivity contribution in [2.24, 2.45) is 11.8 Å². The van der Waals surface area contributed by atoms with Gasteiger partial charge in [-0.1, -0.05) is 23.7 Å². The maximum absolute atomic E-state index is 13.5. The summed E-state index contributed by atoms with van der Waals surface area (Å²) >= 11 is 6.28. The van der Waals surface area contributed by atoms with Crippen LogP contribution in [0.25, 0.3) is 0 Å². The molecule has 0 bridgehead atoms. The Hall–Kier alpha value is -2.83. The average Bonchev–Trinajstić information content (AvgIpc) is 3.40. The van der Waals surface area contributed by atoms with E-state index in [1.807, 2.05) is 4.90 Å². The maximum Gasteiger partial charge on any atom is 0.239 e. The lowest BCUT2D eigenvalue weighted by molar-refractivity contribution is -0.123. The smallest absolute Gasteiger partial charge is 0.239 e. The van der Waals surface area contributed by atoms with Crippen molar-refractivity contribution in [3.8, 4) is 0 Å². The van der Waals surface area contributed by atoms with E-state index in [-0.39, 0.29) is 29.4 Å². The molecule has 6 nitrogen and oxygen atoms in total. The third-order valence-electron chi connectivity index (χ3n) is 6.79. The number of benzene rings is 2. The molecule has 2 amide bonds. The van der Waals surface area contributed by atoms with E-state index in [1.54, 1.807) is 48.5 Å². The highest BCUT2D eigenvalue weighted by Crippen LogP contribution is 2.48. The number of anilines is 1. The maximum atomic E-state index is 13.5. The number of hydrogen-bond acceptors (Lipinski definition) is 5. The number of amides is 2. The van der Waals surface area contributed by atoms with Crippen molar-refractivity contribution in [3.63, 3.8) is 0 Å². The minimum atomic E-state index is -0.728. The molecule has 5 rings (SSSR count). The van der Waals surface area contributed by atoms with Gasteiger partial charge >= 0.3 is 0 Å². The molecule has 2 aromatic carbocycles. The van der Waals surface area contributed by atoms with Crippen molar-refractivity contribution >= 4 is 40.7 Å². The van der Waals surface area contributed by atoms with Gasteiger partial charge in [0.15, 0.2) is 11.6 Å². The number of fused-ring (bicyclic) bond motifs is 3. The minimum Gasteiger partial charge on any atom is -0.295 e. The Kier molecular flexibility index (Phi) is 4.79. The van der Waals surface area contributed by atoms with Crippen molar-refractivity contribution in [2.75, 3.05) is 11.4 Å². The fraction of sp³-hybridized carbons (Fsp3) is 0.333. The number of nitrogens with zero attached hydrogens (tertiary/aromatic N) is 2. The van der Waals surface area contributed by atoms with E-state index < -0.39 is 17.9 Å². The van der Waals surface area contributed by atoms with Crippen molar-refractivity contribution in [3.05, 3.63) is 64.7 Å². The largest absolute Gasteiger partial charge is 0.295 e. The van der Waals surface area contributed by atoms with Crippen LogP contribution in [0.15, 0.2) is 48.5 Å². The molecule has 0 spiro atoms. The number of ketones is 2. The highest BCUT2D eigenvalue weighted by molar-refractivity contribution is 6.34. The van der Waals surface area contributed by atoms with Crippen LogP contribution in [0.5, 0.6) is 0 Å². The van der Waals surface area contributed by atoms with Gasteiger partial charge in [0, 0.05) is 17.2 Å². The summed E-state index contributed by atoms with van der Waals surface area (Å²) in [6.45, 7) is 2.15. The third-order valence-corrected chi connectivity index (χ3v) is 7.12. The highest BCUT2D eigenvalue weighted by Gasteiger charge is 2.64. The van der Waals surface area contributed by atoms with E-state index in [0.717, 1.165) is 12.8 Å². The zero-order chi connectivity index (χ0) is 21.9. The van der Waals surface area contributed by atoms with E-state index in [9.17, 15) is 19.2 Å². The zero-order valence-electron chi connectivity index (χ0n) is 17.0. The number of halogens is 1. The molecule has 31 heavy (non-hydrogen) atoms. The van der Waals surface area contributed by atoms with E-state index >= 15 is 0 Å². The predicted molar refractivity (Wildman–Crippen MR) is 115 cm³/mol. The molecule has 3 aliphatic heterocycles. The Morgan fingerprint density at radius 3 is 2.32 bits per heavy atom. The van der Waals surface area contributed by atoms with Crippen molar-refractivity contribution in [1.82, 2.24) is 4.90 Å². The second-order valence-corrected chi connectivity index (χ2v) is 8.81. The molecule has 4 unspecified atom stereocenters. The summed E-state index contributed by atoms with van der Waals surface area (Å²) in [5.74, 6) is -2.19. The summed E-state index contributed by atoms with van der Waals surface area (Å²) in [5.41, 5.74) is 1.32. The molecular weight excluding hydrogens is 416 g/mol. The average molecular weight is 437 g/mol. The summed E-state index contributed by atoms with van der Waals surface area (Å²) in [4.78, 5) is 55.2. The van der Waals surface area contributed by atoms with Crippen LogP contribution in [-0.2, 0) is 9.59 Å². The molecule has 3 heterocycles. The molecule has 0 saturated carbocycles. The minimum absolute atomic E-state index is 0.0884. The summed E-state index contributed by atoms with van der Waals surface area (Å²) in [5, 5.41) is 0.347. The normalized spacial score (nSPS) is 27.5. The van der Waals surface area contributed by atoms with Gasteiger partial charge in [0.05, 0.1) is 28.6 Å². The van der Waals surface area contributed by atoms with Gasteiger partial charge in [-0.05, 0) is 62.7 Å². The summed E-state index contributed by atoms with van der Waals surface area (Å²) in [6, 6.07) is 12.5. The summed E-state index contributed by atoms with van der Waals surface area (Å²) in [7, 11) is 0. The Morgan fingerprint density at radius 2 is 1.65 bits per heavy atom. The fourth-order valence-corrected chi connectivity index (χ4v) is 5.66. The van der Waals surface area contributed by atoms with Gasteiger partial charge in [-0.2, -0.15) is 0 Å². The molecule has 2 aromatic rings. The lowest BCUT2D eigenvalue weighted by Crippen LogP contribution is -2.46. The molecule has 3 saturated heterocycles. The Morgan fingerprint density at radius 1 is 0.968 bits per heavy atom. The molecular formula is C24H21ClN2O4. The zero-order valence-corrected chi connectivity index (χ0v) is 17.7. The van der Waals surface area contributed by atoms with Crippen LogP contribution in [0.2, 0.25) is 5.02 Å². The van der Waals surface area contributed by atoms with E-state index in [1.165, 1.54) is 11.8 Å². The molecule has 0 radical (unpaired) electrons. The fourth-order valence-electron chi connectivity index (χ4n) is 5.44. The van der Waals surface area contributed by atoms with E-state index in [2.05, 4.69) is 0 Å². The van der Waals surface area contributed by atoms with Crippen LogP contribution < -0.4 is 4.90 Å². The van der Waals surface area contributed by atoms with Crippen LogP contribution in [-0.4, -0.2) is 46.9 Å². The summed E-state index contributed by atoms with van der Waals surface area (Å²) < 4.78 is 0. The van der Waals surface area contributed by atoms with E-state index in [4.69, 9.17) is 11.6 Å². The highest BCUT2D eigenvalue weighted by atomic mass is 35.5. The monoisotopic (exact) mass is 436 g/mol. The molecule has 0 aliphatic carbocycles. The van der Waals surface area contributed by atoms with Gasteiger partial charge in [0.25, 0.3) is 0 Å². The Labute approximate surface area is 184 Å². The number of Topliss-reactive ketones (excluding diaryl/α,β-unsaturated/α-hetero) is 2. The van der Waals surface area contributed by atoms with Crippen LogP contribution >= 0.6 is 11.6 Å². The molecule has 3 fully saturated rings. The second kappa shape index (κ2) is 7.39. The number of carbonyl (C=O) groups is 4. The Bertz CT molecular complexity index is 1110. The molecule has 158 valence electrons. The first-order chi connectivity index (χ1) is 14.9. The molecule has 3 aliphatic rings. The predicted octanol–water partition coefficient (Wildman–Crippen LogP) is 3.38. The SMILES string of the molecule is CC(=O)c1ccc(N2C(=O)C3C(C2=O)C(C(=O)c2ccccc2Cl)N2CCCC32)cc1. The topological polar surface area (TPSA) is 74.8 Å². The molecule has 7 heteroatoms. The molecule has 0 aromatic heterocycles. The first-order valence-electron chi connectivity index (χ1n) is 10.4. The van der Waals surface area contributed by atoms with Crippen LogP contribution in [0.1, 0.15) is 40.5 Å². The van der Waals surface area contributed by atoms with Crippen molar-refractivity contribution < 1.29 is 19.2 Å². The quantitative estimate of drug-likeness (QED) is 0.542.